The SMILES string of the molecule is Cc1nc(Nc2ccccc2Cl)c2c3c(sc2n1)CCCC3. The van der Waals surface area contributed by atoms with E-state index in [1.807, 2.05) is 42.5 Å². The lowest BCUT2D eigenvalue weighted by atomic mass is 9.97. The second-order valence-corrected chi connectivity index (χ2v) is 7.11. The van der Waals surface area contributed by atoms with Crippen LogP contribution in [0.2, 0.25) is 5.02 Å². The summed E-state index contributed by atoms with van der Waals surface area (Å²) >= 11 is 8.10. The number of rotatable bonds is 2. The highest BCUT2D eigenvalue weighted by molar-refractivity contribution is 7.19. The van der Waals surface area contributed by atoms with E-state index in [4.69, 9.17) is 11.6 Å². The van der Waals surface area contributed by atoms with Crippen LogP contribution in [0.4, 0.5) is 11.5 Å². The highest BCUT2D eigenvalue weighted by Gasteiger charge is 2.20. The third-order valence-corrected chi connectivity index (χ3v) is 5.57. The van der Waals surface area contributed by atoms with Gasteiger partial charge in [-0.2, -0.15) is 0 Å². The predicted molar refractivity (Wildman–Crippen MR) is 93.5 cm³/mol. The van der Waals surface area contributed by atoms with Crippen molar-refractivity contribution < 1.29 is 0 Å². The second kappa shape index (κ2) is 5.52. The van der Waals surface area contributed by atoms with Crippen LogP contribution in [0.15, 0.2) is 24.3 Å². The molecule has 0 spiro atoms. The number of benzene rings is 1. The molecular weight excluding hydrogens is 314 g/mol. The van der Waals surface area contributed by atoms with Crippen molar-refractivity contribution in [3.63, 3.8) is 0 Å². The molecule has 0 saturated carbocycles. The van der Waals surface area contributed by atoms with Crippen molar-refractivity contribution in [2.75, 3.05) is 5.32 Å². The molecule has 5 heteroatoms. The van der Waals surface area contributed by atoms with Gasteiger partial charge in [-0.05, 0) is 50.3 Å². The summed E-state index contributed by atoms with van der Waals surface area (Å²) in [6.45, 7) is 1.94. The Labute approximate surface area is 138 Å². The van der Waals surface area contributed by atoms with Gasteiger partial charge in [0.05, 0.1) is 16.1 Å². The van der Waals surface area contributed by atoms with Gasteiger partial charge in [0.2, 0.25) is 0 Å². The van der Waals surface area contributed by atoms with Crippen LogP contribution >= 0.6 is 22.9 Å². The average Bonchev–Trinajstić information content (AvgIpc) is 2.87. The number of hydrogen-bond donors (Lipinski definition) is 1. The number of aryl methyl sites for hydroxylation is 3. The number of hydrogen-bond acceptors (Lipinski definition) is 4. The summed E-state index contributed by atoms with van der Waals surface area (Å²) in [6, 6.07) is 7.77. The van der Waals surface area contributed by atoms with E-state index in [0.717, 1.165) is 28.6 Å². The summed E-state index contributed by atoms with van der Waals surface area (Å²) in [5.41, 5.74) is 2.32. The summed E-state index contributed by atoms with van der Waals surface area (Å²) in [6.07, 6.45) is 4.82. The van der Waals surface area contributed by atoms with E-state index in [2.05, 4.69) is 15.3 Å². The Morgan fingerprint density at radius 2 is 1.95 bits per heavy atom. The molecule has 0 amide bonds. The van der Waals surface area contributed by atoms with Gasteiger partial charge in [-0.15, -0.1) is 11.3 Å². The Morgan fingerprint density at radius 3 is 2.82 bits per heavy atom. The first kappa shape index (κ1) is 14.0. The predicted octanol–water partition coefficient (Wildman–Crippen LogP) is 5.28. The van der Waals surface area contributed by atoms with Crippen molar-refractivity contribution in [1.82, 2.24) is 9.97 Å². The number of fused-ring (bicyclic) bond motifs is 3. The zero-order chi connectivity index (χ0) is 15.1. The van der Waals surface area contributed by atoms with Crippen molar-refractivity contribution >= 4 is 44.7 Å². The van der Waals surface area contributed by atoms with E-state index < -0.39 is 0 Å². The smallest absolute Gasteiger partial charge is 0.143 e. The Hall–Kier alpha value is -1.65. The minimum absolute atomic E-state index is 0.705. The van der Waals surface area contributed by atoms with Gasteiger partial charge in [0.1, 0.15) is 16.5 Å². The third kappa shape index (κ3) is 2.36. The Bertz CT molecular complexity index is 856. The number of anilines is 2. The first-order valence-corrected chi connectivity index (χ1v) is 8.72. The molecule has 1 aromatic carbocycles. The summed E-state index contributed by atoms with van der Waals surface area (Å²) in [5.74, 6) is 1.68. The van der Waals surface area contributed by atoms with Crippen molar-refractivity contribution in [2.45, 2.75) is 32.6 Å². The number of nitrogens with one attached hydrogen (secondary N) is 1. The fraction of sp³-hybridized carbons (Fsp3) is 0.294. The van der Waals surface area contributed by atoms with E-state index in [-0.39, 0.29) is 0 Å². The maximum atomic E-state index is 6.28. The topological polar surface area (TPSA) is 37.8 Å². The molecule has 0 saturated heterocycles. The molecule has 3 nitrogen and oxygen atoms in total. The third-order valence-electron chi connectivity index (χ3n) is 4.05. The van der Waals surface area contributed by atoms with Gasteiger partial charge < -0.3 is 5.32 Å². The second-order valence-electron chi connectivity index (χ2n) is 5.62. The first-order chi connectivity index (χ1) is 10.7. The molecule has 1 aliphatic rings. The molecule has 0 atom stereocenters. The van der Waals surface area contributed by atoms with Crippen LogP contribution in [0.3, 0.4) is 0 Å². The van der Waals surface area contributed by atoms with Crippen LogP contribution in [-0.4, -0.2) is 9.97 Å². The molecule has 0 fully saturated rings. The van der Waals surface area contributed by atoms with Gasteiger partial charge in [-0.3, -0.25) is 0 Å². The van der Waals surface area contributed by atoms with Gasteiger partial charge in [-0.25, -0.2) is 9.97 Å². The minimum atomic E-state index is 0.705. The monoisotopic (exact) mass is 329 g/mol. The molecule has 0 bridgehead atoms. The standard InChI is InChI=1S/C17H16ClN3S/c1-10-19-16(21-13-8-4-3-7-12(13)18)15-11-6-2-5-9-14(11)22-17(15)20-10/h3-4,7-8H,2,5-6,9H2,1H3,(H,19,20,21). The van der Waals surface area contributed by atoms with Crippen molar-refractivity contribution in [2.24, 2.45) is 0 Å². The van der Waals surface area contributed by atoms with Crippen molar-refractivity contribution in [3.8, 4) is 0 Å². The van der Waals surface area contributed by atoms with Crippen LogP contribution in [0.25, 0.3) is 10.2 Å². The van der Waals surface area contributed by atoms with E-state index in [9.17, 15) is 0 Å². The van der Waals surface area contributed by atoms with E-state index in [0.29, 0.717) is 5.02 Å². The maximum absolute atomic E-state index is 6.28. The molecule has 2 heterocycles. The molecule has 2 aromatic heterocycles. The lowest BCUT2D eigenvalue weighted by molar-refractivity contribution is 0.700. The van der Waals surface area contributed by atoms with Gasteiger partial charge >= 0.3 is 0 Å². The quantitative estimate of drug-likeness (QED) is 0.695. The van der Waals surface area contributed by atoms with Gasteiger partial charge in [0.25, 0.3) is 0 Å². The van der Waals surface area contributed by atoms with Crippen LogP contribution < -0.4 is 5.32 Å². The zero-order valence-corrected chi connectivity index (χ0v) is 13.9. The van der Waals surface area contributed by atoms with Crippen LogP contribution in [0.1, 0.15) is 29.1 Å². The largest absolute Gasteiger partial charge is 0.338 e. The molecule has 1 N–H and O–H groups in total. The summed E-state index contributed by atoms with van der Waals surface area (Å²) < 4.78 is 0. The number of thiophene rings is 1. The number of nitrogens with zero attached hydrogens (tertiary/aromatic N) is 2. The first-order valence-electron chi connectivity index (χ1n) is 7.53. The Balaban J connectivity index is 1.89. The molecule has 3 aromatic rings. The molecular formula is C17H16ClN3S. The summed E-state index contributed by atoms with van der Waals surface area (Å²) in [4.78, 5) is 11.9. The molecule has 112 valence electrons. The zero-order valence-electron chi connectivity index (χ0n) is 12.3. The molecule has 22 heavy (non-hydrogen) atoms. The maximum Gasteiger partial charge on any atom is 0.143 e. The number of para-hydroxylation sites is 1. The van der Waals surface area contributed by atoms with Gasteiger partial charge in [-0.1, -0.05) is 23.7 Å². The normalized spacial score (nSPS) is 14.1. The van der Waals surface area contributed by atoms with Crippen molar-refractivity contribution in [3.05, 3.63) is 45.6 Å². The summed E-state index contributed by atoms with van der Waals surface area (Å²) in [5, 5.41) is 5.31. The average molecular weight is 330 g/mol. The van der Waals surface area contributed by atoms with Gasteiger partial charge in [0.15, 0.2) is 0 Å². The molecule has 0 unspecified atom stereocenters. The molecule has 4 rings (SSSR count). The molecule has 0 radical (unpaired) electrons. The van der Waals surface area contributed by atoms with Crippen LogP contribution in [0.5, 0.6) is 0 Å². The highest BCUT2D eigenvalue weighted by atomic mass is 35.5. The minimum Gasteiger partial charge on any atom is -0.338 e. The highest BCUT2D eigenvalue weighted by Crippen LogP contribution is 2.39. The lowest BCUT2D eigenvalue weighted by Gasteiger charge is -2.13. The Kier molecular flexibility index (Phi) is 3.51. The Morgan fingerprint density at radius 1 is 1.14 bits per heavy atom. The molecule has 0 aliphatic heterocycles. The van der Waals surface area contributed by atoms with E-state index in [1.165, 1.54) is 35.1 Å². The fourth-order valence-electron chi connectivity index (χ4n) is 3.04. The van der Waals surface area contributed by atoms with E-state index in [1.54, 1.807) is 0 Å². The number of halogens is 1. The van der Waals surface area contributed by atoms with E-state index >= 15 is 0 Å². The molecule has 1 aliphatic carbocycles. The summed E-state index contributed by atoms with van der Waals surface area (Å²) in [7, 11) is 0. The van der Waals surface area contributed by atoms with Gasteiger partial charge in [0, 0.05) is 4.88 Å². The van der Waals surface area contributed by atoms with Crippen LogP contribution in [-0.2, 0) is 12.8 Å². The number of aromatic nitrogens is 2. The van der Waals surface area contributed by atoms with Crippen molar-refractivity contribution in [1.29, 1.82) is 0 Å². The van der Waals surface area contributed by atoms with Crippen LogP contribution in [0, 0.1) is 6.92 Å². The fourth-order valence-corrected chi connectivity index (χ4v) is 4.53. The lowest BCUT2D eigenvalue weighted by Crippen LogP contribution is -2.02.